The lowest BCUT2D eigenvalue weighted by Gasteiger charge is -2.41. The van der Waals surface area contributed by atoms with Crippen LogP contribution < -0.4 is 0 Å². The zero-order chi connectivity index (χ0) is 16.9. The third kappa shape index (κ3) is 4.52. The lowest BCUT2D eigenvalue weighted by molar-refractivity contribution is 0.0507. The van der Waals surface area contributed by atoms with E-state index in [1.54, 1.807) is 18.3 Å². The predicted molar refractivity (Wildman–Crippen MR) is 99.8 cm³/mol. The van der Waals surface area contributed by atoms with Gasteiger partial charge in [0.15, 0.2) is 5.78 Å². The smallest absolute Gasteiger partial charge is 0.169 e. The number of carbonyl (C=O) groups excluding carboxylic acids is 1. The molecule has 2 aromatic rings. The van der Waals surface area contributed by atoms with E-state index in [1.807, 2.05) is 6.07 Å². The van der Waals surface area contributed by atoms with Crippen LogP contribution >= 0.6 is 22.7 Å². The Morgan fingerprint density at radius 3 is 2.88 bits per heavy atom. The average Bonchev–Trinajstić information content (AvgIpc) is 3.22. The summed E-state index contributed by atoms with van der Waals surface area (Å²) >= 11 is 3.33. The van der Waals surface area contributed by atoms with Gasteiger partial charge in [0.25, 0.3) is 0 Å². The molecule has 24 heavy (non-hydrogen) atoms. The highest BCUT2D eigenvalue weighted by atomic mass is 32.1. The SMILES string of the molecule is CC(=O)c1cc(CN2CCN(Cc3cccs3)[C@H](CCO)C2)cs1. The number of aliphatic hydroxyl groups is 1. The number of ketones is 1. The number of Topliss-reactive ketones (excluding diaryl/α,β-unsaturated/α-hetero) is 1. The van der Waals surface area contributed by atoms with Crippen LogP contribution in [-0.2, 0) is 13.1 Å². The van der Waals surface area contributed by atoms with Gasteiger partial charge >= 0.3 is 0 Å². The molecule has 4 nitrogen and oxygen atoms in total. The zero-order valence-electron chi connectivity index (χ0n) is 14.0. The maximum absolute atomic E-state index is 11.4. The zero-order valence-corrected chi connectivity index (χ0v) is 15.6. The minimum atomic E-state index is 0.144. The topological polar surface area (TPSA) is 43.8 Å². The summed E-state index contributed by atoms with van der Waals surface area (Å²) in [5, 5.41) is 13.6. The van der Waals surface area contributed by atoms with Gasteiger partial charge in [0.1, 0.15) is 0 Å². The molecule has 0 radical (unpaired) electrons. The average molecular weight is 365 g/mol. The second kappa shape index (κ2) is 8.36. The molecule has 130 valence electrons. The van der Waals surface area contributed by atoms with Gasteiger partial charge in [-0.25, -0.2) is 0 Å². The van der Waals surface area contributed by atoms with Crippen molar-refractivity contribution in [3.8, 4) is 0 Å². The fourth-order valence-corrected chi connectivity index (χ4v) is 4.77. The van der Waals surface area contributed by atoms with Crippen molar-refractivity contribution in [2.45, 2.75) is 32.5 Å². The Labute approximate surface area is 151 Å². The van der Waals surface area contributed by atoms with Crippen LogP contribution in [0.1, 0.15) is 33.5 Å². The standard InChI is InChI=1S/C18H24N2O2S2/c1-14(22)18-9-15(13-24-18)10-19-5-6-20(16(11-19)4-7-21)12-17-3-2-8-23-17/h2-3,8-9,13,16,21H,4-7,10-12H2,1H3/t16-/m1/s1. The molecule has 0 spiro atoms. The number of piperazine rings is 1. The number of thiophene rings is 2. The number of rotatable bonds is 7. The molecule has 0 aliphatic carbocycles. The van der Waals surface area contributed by atoms with E-state index in [-0.39, 0.29) is 12.4 Å². The van der Waals surface area contributed by atoms with E-state index < -0.39 is 0 Å². The van der Waals surface area contributed by atoms with Crippen molar-refractivity contribution in [3.63, 3.8) is 0 Å². The summed E-state index contributed by atoms with van der Waals surface area (Å²) in [7, 11) is 0. The van der Waals surface area contributed by atoms with Crippen LogP contribution in [-0.4, -0.2) is 53.0 Å². The molecule has 1 aliphatic rings. The molecule has 0 saturated carbocycles. The van der Waals surface area contributed by atoms with Crippen LogP contribution in [0.2, 0.25) is 0 Å². The van der Waals surface area contributed by atoms with Crippen molar-refractivity contribution < 1.29 is 9.90 Å². The Kier molecular flexibility index (Phi) is 6.19. The first kappa shape index (κ1) is 17.8. The molecule has 1 fully saturated rings. The van der Waals surface area contributed by atoms with E-state index in [4.69, 9.17) is 0 Å². The van der Waals surface area contributed by atoms with Gasteiger partial charge in [-0.2, -0.15) is 0 Å². The van der Waals surface area contributed by atoms with E-state index in [9.17, 15) is 9.90 Å². The molecule has 1 atom stereocenters. The molecule has 2 aromatic heterocycles. The van der Waals surface area contributed by atoms with Crippen LogP contribution in [0.4, 0.5) is 0 Å². The van der Waals surface area contributed by atoms with Gasteiger partial charge < -0.3 is 5.11 Å². The maximum Gasteiger partial charge on any atom is 0.169 e. The molecular formula is C18H24N2O2S2. The van der Waals surface area contributed by atoms with E-state index in [1.165, 1.54) is 21.8 Å². The van der Waals surface area contributed by atoms with E-state index >= 15 is 0 Å². The highest BCUT2D eigenvalue weighted by molar-refractivity contribution is 7.12. The molecule has 1 aliphatic heterocycles. The van der Waals surface area contributed by atoms with Gasteiger partial charge in [-0.3, -0.25) is 14.6 Å². The van der Waals surface area contributed by atoms with Crippen molar-refractivity contribution in [2.75, 3.05) is 26.2 Å². The fraction of sp³-hybridized carbons (Fsp3) is 0.500. The molecular weight excluding hydrogens is 340 g/mol. The minimum absolute atomic E-state index is 0.144. The molecule has 3 rings (SSSR count). The normalized spacial score (nSPS) is 19.7. The second-order valence-corrected chi connectivity index (χ2v) is 8.27. The Hall–Kier alpha value is -1.05. The van der Waals surface area contributed by atoms with E-state index in [0.29, 0.717) is 6.04 Å². The summed E-state index contributed by atoms with van der Waals surface area (Å²) in [5.41, 5.74) is 1.22. The molecule has 0 bridgehead atoms. The lowest BCUT2D eigenvalue weighted by atomic mass is 10.1. The molecule has 6 heteroatoms. The fourth-order valence-electron chi connectivity index (χ4n) is 3.24. The number of carbonyl (C=O) groups is 1. The monoisotopic (exact) mass is 364 g/mol. The summed E-state index contributed by atoms with van der Waals surface area (Å²) in [6, 6.07) is 6.69. The summed E-state index contributed by atoms with van der Waals surface area (Å²) < 4.78 is 0. The molecule has 0 amide bonds. The number of nitrogens with zero attached hydrogens (tertiary/aromatic N) is 2. The van der Waals surface area contributed by atoms with Crippen molar-refractivity contribution in [3.05, 3.63) is 44.3 Å². The van der Waals surface area contributed by atoms with Gasteiger partial charge in [-0.05, 0) is 41.8 Å². The van der Waals surface area contributed by atoms with Crippen LogP contribution in [0.5, 0.6) is 0 Å². The molecule has 1 saturated heterocycles. The van der Waals surface area contributed by atoms with Gasteiger partial charge in [0, 0.05) is 50.2 Å². The van der Waals surface area contributed by atoms with Crippen molar-refractivity contribution >= 4 is 28.5 Å². The third-order valence-corrected chi connectivity index (χ3v) is 6.44. The molecule has 3 heterocycles. The summed E-state index contributed by atoms with van der Waals surface area (Å²) in [4.78, 5) is 18.6. The van der Waals surface area contributed by atoms with Gasteiger partial charge in [0.05, 0.1) is 4.88 Å². The van der Waals surface area contributed by atoms with Crippen molar-refractivity contribution in [2.24, 2.45) is 0 Å². The minimum Gasteiger partial charge on any atom is -0.396 e. The quantitative estimate of drug-likeness (QED) is 0.767. The molecule has 0 unspecified atom stereocenters. The number of hydrogen-bond donors (Lipinski definition) is 1. The summed E-state index contributed by atoms with van der Waals surface area (Å²) in [5.74, 6) is 0.144. The van der Waals surface area contributed by atoms with E-state index in [2.05, 4.69) is 32.7 Å². The van der Waals surface area contributed by atoms with Gasteiger partial charge in [-0.1, -0.05) is 6.07 Å². The molecule has 1 N–H and O–H groups in total. The Bertz CT molecular complexity index is 654. The first-order valence-electron chi connectivity index (χ1n) is 8.33. The van der Waals surface area contributed by atoms with Crippen molar-refractivity contribution in [1.29, 1.82) is 0 Å². The lowest BCUT2D eigenvalue weighted by Crippen LogP contribution is -2.52. The Morgan fingerprint density at radius 2 is 2.21 bits per heavy atom. The first-order valence-corrected chi connectivity index (χ1v) is 10.1. The molecule has 0 aromatic carbocycles. The summed E-state index contributed by atoms with van der Waals surface area (Å²) in [6.45, 7) is 6.73. The summed E-state index contributed by atoms with van der Waals surface area (Å²) in [6.07, 6.45) is 0.810. The van der Waals surface area contributed by atoms with Crippen molar-refractivity contribution in [1.82, 2.24) is 9.80 Å². The first-order chi connectivity index (χ1) is 11.7. The number of aliphatic hydroxyl groups excluding tert-OH is 1. The number of hydrogen-bond acceptors (Lipinski definition) is 6. The third-order valence-electron chi connectivity index (χ3n) is 4.50. The van der Waals surface area contributed by atoms with Crippen LogP contribution in [0.25, 0.3) is 0 Å². The van der Waals surface area contributed by atoms with Crippen LogP contribution in [0.3, 0.4) is 0 Å². The van der Waals surface area contributed by atoms with Crippen LogP contribution in [0, 0.1) is 0 Å². The second-order valence-electron chi connectivity index (χ2n) is 6.33. The van der Waals surface area contributed by atoms with Gasteiger partial charge in [0.2, 0.25) is 0 Å². The predicted octanol–water partition coefficient (Wildman–Crippen LogP) is 3.08. The maximum atomic E-state index is 11.4. The Balaban J connectivity index is 1.60. The van der Waals surface area contributed by atoms with Gasteiger partial charge in [-0.15, -0.1) is 22.7 Å². The highest BCUT2D eigenvalue weighted by Gasteiger charge is 2.27. The van der Waals surface area contributed by atoms with E-state index in [0.717, 1.165) is 44.0 Å². The Morgan fingerprint density at radius 1 is 1.33 bits per heavy atom. The largest absolute Gasteiger partial charge is 0.396 e. The van der Waals surface area contributed by atoms with Crippen LogP contribution in [0.15, 0.2) is 29.0 Å². The highest BCUT2D eigenvalue weighted by Crippen LogP contribution is 2.22.